The number of fused-ring (bicyclic) bond motifs is 1. The Labute approximate surface area is 177 Å². The molecule has 0 bridgehead atoms. The van der Waals surface area contributed by atoms with Gasteiger partial charge in [-0.25, -0.2) is 0 Å². The molecule has 0 amide bonds. The van der Waals surface area contributed by atoms with Crippen LogP contribution in [0.3, 0.4) is 0 Å². The number of nitrogens with two attached hydrogens (primary N) is 2. The minimum Gasteiger partial charge on any atom is -0.328 e. The summed E-state index contributed by atoms with van der Waals surface area (Å²) in [5.41, 5.74) is 12.9. The van der Waals surface area contributed by atoms with Gasteiger partial charge in [-0.2, -0.15) is 0 Å². The van der Waals surface area contributed by atoms with Crippen molar-refractivity contribution in [3.8, 4) is 0 Å². The van der Waals surface area contributed by atoms with Gasteiger partial charge in [-0.1, -0.05) is 40.5 Å². The van der Waals surface area contributed by atoms with E-state index in [9.17, 15) is 0 Å². The van der Waals surface area contributed by atoms with Crippen molar-refractivity contribution in [2.24, 2.45) is 46.0 Å². The summed E-state index contributed by atoms with van der Waals surface area (Å²) in [5, 5.41) is 0. The standard InChI is InChI=1S/C26H52N2/c1-19(27)9-7-15-25(3,4)23-13-11-21-12-14-24(18-22(21)17-23)26(5,6)16-8-10-20(2)28/h19-24H,7-18,27-28H2,1-6H3. The zero-order valence-corrected chi connectivity index (χ0v) is 20.1. The minimum atomic E-state index is 0.357. The van der Waals surface area contributed by atoms with Crippen molar-refractivity contribution in [3.63, 3.8) is 0 Å². The maximum absolute atomic E-state index is 5.99. The Morgan fingerprint density at radius 2 is 1.07 bits per heavy atom. The molecule has 2 saturated carbocycles. The summed E-state index contributed by atoms with van der Waals surface area (Å²) >= 11 is 0. The van der Waals surface area contributed by atoms with Crippen LogP contribution in [0.1, 0.15) is 119 Å². The fraction of sp³-hybridized carbons (Fsp3) is 1.00. The molecule has 4 atom stereocenters. The lowest BCUT2D eigenvalue weighted by atomic mass is 9.56. The van der Waals surface area contributed by atoms with E-state index in [1.807, 2.05) is 0 Å². The molecule has 0 radical (unpaired) electrons. The molecule has 2 aliphatic carbocycles. The van der Waals surface area contributed by atoms with Crippen LogP contribution < -0.4 is 11.5 Å². The summed E-state index contributed by atoms with van der Waals surface area (Å²) in [6.07, 6.45) is 16.5. The zero-order chi connectivity index (χ0) is 20.9. The molecule has 2 fully saturated rings. The quantitative estimate of drug-likeness (QED) is 0.424. The number of hydrogen-bond donors (Lipinski definition) is 2. The van der Waals surface area contributed by atoms with E-state index in [1.165, 1.54) is 77.0 Å². The van der Waals surface area contributed by atoms with E-state index in [2.05, 4.69) is 41.5 Å². The normalized spacial score (nSPS) is 31.3. The molecule has 0 aromatic rings. The molecule has 2 aliphatic rings. The molecule has 0 aromatic heterocycles. The lowest BCUT2D eigenvalue weighted by molar-refractivity contribution is 0.0109. The summed E-state index contributed by atoms with van der Waals surface area (Å²) in [6.45, 7) is 14.5. The highest BCUT2D eigenvalue weighted by atomic mass is 14.6. The molecule has 28 heavy (non-hydrogen) atoms. The van der Waals surface area contributed by atoms with E-state index in [1.54, 1.807) is 0 Å². The smallest absolute Gasteiger partial charge is 0.00104 e. The summed E-state index contributed by atoms with van der Waals surface area (Å²) in [4.78, 5) is 0. The van der Waals surface area contributed by atoms with E-state index in [0.717, 1.165) is 23.7 Å². The third kappa shape index (κ3) is 7.01. The molecule has 0 saturated heterocycles. The molecular weight excluding hydrogens is 340 g/mol. The lowest BCUT2D eigenvalue weighted by Crippen LogP contribution is -2.39. The predicted molar refractivity (Wildman–Crippen MR) is 124 cm³/mol. The molecule has 2 nitrogen and oxygen atoms in total. The van der Waals surface area contributed by atoms with Crippen LogP contribution in [0.25, 0.3) is 0 Å². The highest BCUT2D eigenvalue weighted by Crippen LogP contribution is 2.53. The highest BCUT2D eigenvalue weighted by molar-refractivity contribution is 4.93. The van der Waals surface area contributed by atoms with Gasteiger partial charge in [-0.15, -0.1) is 0 Å². The highest BCUT2D eigenvalue weighted by Gasteiger charge is 2.43. The molecule has 166 valence electrons. The molecule has 4 unspecified atom stereocenters. The van der Waals surface area contributed by atoms with Gasteiger partial charge in [0.1, 0.15) is 0 Å². The number of hydrogen-bond acceptors (Lipinski definition) is 2. The van der Waals surface area contributed by atoms with Crippen molar-refractivity contribution in [2.45, 2.75) is 131 Å². The lowest BCUT2D eigenvalue weighted by Gasteiger charge is -2.49. The van der Waals surface area contributed by atoms with Crippen molar-refractivity contribution in [1.29, 1.82) is 0 Å². The summed E-state index contributed by atoms with van der Waals surface area (Å²) < 4.78 is 0. The topological polar surface area (TPSA) is 52.0 Å². The van der Waals surface area contributed by atoms with Crippen molar-refractivity contribution < 1.29 is 0 Å². The van der Waals surface area contributed by atoms with Gasteiger partial charge < -0.3 is 11.5 Å². The number of rotatable bonds is 10. The van der Waals surface area contributed by atoms with Crippen LogP contribution in [0.15, 0.2) is 0 Å². The van der Waals surface area contributed by atoms with E-state index in [4.69, 9.17) is 11.5 Å². The first kappa shape index (κ1) is 24.2. The predicted octanol–water partition coefficient (Wildman–Crippen LogP) is 6.91. The Kier molecular flexibility index (Phi) is 8.89. The minimum absolute atomic E-state index is 0.357. The van der Waals surface area contributed by atoms with E-state index >= 15 is 0 Å². The molecule has 0 spiro atoms. The Bertz CT molecular complexity index is 411. The second-order valence-corrected chi connectivity index (χ2v) is 12.3. The van der Waals surface area contributed by atoms with Gasteiger partial charge in [-0.3, -0.25) is 0 Å². The van der Waals surface area contributed by atoms with Crippen LogP contribution in [-0.2, 0) is 0 Å². The third-order valence-corrected chi connectivity index (χ3v) is 8.78. The van der Waals surface area contributed by atoms with Gasteiger partial charge in [0.15, 0.2) is 0 Å². The third-order valence-electron chi connectivity index (χ3n) is 8.78. The van der Waals surface area contributed by atoms with E-state index in [0.29, 0.717) is 22.9 Å². The van der Waals surface area contributed by atoms with Gasteiger partial charge in [0.25, 0.3) is 0 Å². The van der Waals surface area contributed by atoms with Crippen LogP contribution >= 0.6 is 0 Å². The van der Waals surface area contributed by atoms with Crippen LogP contribution in [0, 0.1) is 34.5 Å². The zero-order valence-electron chi connectivity index (χ0n) is 20.1. The molecular formula is C26H52N2. The molecule has 4 N–H and O–H groups in total. The van der Waals surface area contributed by atoms with Crippen molar-refractivity contribution in [3.05, 3.63) is 0 Å². The molecule has 0 aliphatic heterocycles. The second-order valence-electron chi connectivity index (χ2n) is 12.3. The van der Waals surface area contributed by atoms with Crippen molar-refractivity contribution in [2.75, 3.05) is 0 Å². The first-order chi connectivity index (χ1) is 13.0. The van der Waals surface area contributed by atoms with Crippen LogP contribution in [0.5, 0.6) is 0 Å². The Balaban J connectivity index is 1.89. The van der Waals surface area contributed by atoms with Gasteiger partial charge in [-0.05, 0) is 113 Å². The SMILES string of the molecule is CC(N)CCCC(C)(C)C1CCC2CCC(C(C)(C)CCCC(C)N)CC2C1. The summed E-state index contributed by atoms with van der Waals surface area (Å²) in [5.74, 6) is 3.84. The Hall–Kier alpha value is -0.0800. The van der Waals surface area contributed by atoms with Crippen LogP contribution in [-0.4, -0.2) is 12.1 Å². The van der Waals surface area contributed by atoms with Crippen molar-refractivity contribution >= 4 is 0 Å². The fourth-order valence-corrected chi connectivity index (χ4v) is 6.48. The van der Waals surface area contributed by atoms with Crippen LogP contribution in [0.2, 0.25) is 0 Å². The second kappa shape index (κ2) is 10.3. The average molecular weight is 393 g/mol. The first-order valence-electron chi connectivity index (χ1n) is 12.5. The van der Waals surface area contributed by atoms with Gasteiger partial charge in [0.05, 0.1) is 0 Å². The van der Waals surface area contributed by atoms with Crippen molar-refractivity contribution in [1.82, 2.24) is 0 Å². The monoisotopic (exact) mass is 392 g/mol. The summed E-state index contributed by atoms with van der Waals surface area (Å²) in [7, 11) is 0. The Morgan fingerprint density at radius 1 is 0.679 bits per heavy atom. The largest absolute Gasteiger partial charge is 0.328 e. The van der Waals surface area contributed by atoms with Crippen LogP contribution in [0.4, 0.5) is 0 Å². The van der Waals surface area contributed by atoms with E-state index in [-0.39, 0.29) is 0 Å². The van der Waals surface area contributed by atoms with Gasteiger partial charge in [0, 0.05) is 12.1 Å². The molecule has 0 heterocycles. The average Bonchev–Trinajstić information content (AvgIpc) is 2.59. The molecule has 2 rings (SSSR count). The van der Waals surface area contributed by atoms with E-state index < -0.39 is 0 Å². The Morgan fingerprint density at radius 3 is 1.43 bits per heavy atom. The van der Waals surface area contributed by atoms with Gasteiger partial charge in [0.2, 0.25) is 0 Å². The maximum Gasteiger partial charge on any atom is 0.00104 e. The molecule has 2 heteroatoms. The summed E-state index contributed by atoms with van der Waals surface area (Å²) in [6, 6.07) is 0.713. The fourth-order valence-electron chi connectivity index (χ4n) is 6.48. The molecule has 0 aromatic carbocycles. The van der Waals surface area contributed by atoms with Gasteiger partial charge >= 0.3 is 0 Å². The first-order valence-corrected chi connectivity index (χ1v) is 12.5. The maximum atomic E-state index is 5.99.